The molecule has 1 N–H and O–H groups in total. The van der Waals surface area contributed by atoms with E-state index in [2.05, 4.69) is 21.4 Å². The van der Waals surface area contributed by atoms with Crippen molar-refractivity contribution in [2.75, 3.05) is 11.9 Å². The zero-order chi connectivity index (χ0) is 19.7. The number of benzene rings is 2. The Bertz CT molecular complexity index is 1010. The molecule has 0 atom stereocenters. The number of carbonyl (C=O) groups is 1. The molecule has 4 rings (SSSR count). The highest BCUT2D eigenvalue weighted by Crippen LogP contribution is 2.30. The van der Waals surface area contributed by atoms with Crippen molar-refractivity contribution in [2.24, 2.45) is 0 Å². The van der Waals surface area contributed by atoms with Crippen molar-refractivity contribution in [3.05, 3.63) is 76.1 Å². The van der Waals surface area contributed by atoms with Crippen LogP contribution in [0.5, 0.6) is 0 Å². The highest BCUT2D eigenvalue weighted by atomic mass is 35.5. The van der Waals surface area contributed by atoms with Crippen LogP contribution in [0.4, 0.5) is 5.69 Å². The van der Waals surface area contributed by atoms with E-state index in [1.807, 2.05) is 49.4 Å². The third-order valence-electron chi connectivity index (χ3n) is 5.16. The summed E-state index contributed by atoms with van der Waals surface area (Å²) in [6.45, 7) is 6.04. The van der Waals surface area contributed by atoms with Crippen LogP contribution in [0.1, 0.15) is 29.3 Å². The highest BCUT2D eigenvalue weighted by molar-refractivity contribution is 6.30. The van der Waals surface area contributed by atoms with Gasteiger partial charge in [-0.05, 0) is 42.7 Å². The Morgan fingerprint density at radius 1 is 1.18 bits per heavy atom. The van der Waals surface area contributed by atoms with Gasteiger partial charge in [0.25, 0.3) is 0 Å². The third kappa shape index (κ3) is 3.68. The number of rotatable bonds is 4. The van der Waals surface area contributed by atoms with Crippen LogP contribution in [0.3, 0.4) is 0 Å². The Balaban J connectivity index is 1.56. The highest BCUT2D eigenvalue weighted by Gasteiger charge is 2.22. The molecule has 0 aliphatic carbocycles. The number of aryl methyl sites for hydroxylation is 1. The van der Waals surface area contributed by atoms with Crippen LogP contribution < -0.4 is 5.32 Å². The second kappa shape index (κ2) is 7.78. The van der Waals surface area contributed by atoms with Crippen LogP contribution in [0.2, 0.25) is 5.15 Å². The van der Waals surface area contributed by atoms with Gasteiger partial charge in [0, 0.05) is 37.8 Å². The van der Waals surface area contributed by atoms with E-state index >= 15 is 0 Å². The SMILES string of the molecule is CC(=O)Nc1cccc2c1CCN(Cc1c(C)nn(-c3ccccc3)c1Cl)C2. The first-order chi connectivity index (χ1) is 13.5. The Hall–Kier alpha value is -2.63. The third-order valence-corrected chi connectivity index (χ3v) is 5.55. The number of anilines is 1. The normalized spacial score (nSPS) is 14.0. The smallest absolute Gasteiger partial charge is 0.221 e. The van der Waals surface area contributed by atoms with Crippen LogP contribution in [0.25, 0.3) is 5.69 Å². The molecule has 0 saturated heterocycles. The van der Waals surface area contributed by atoms with E-state index in [4.69, 9.17) is 11.6 Å². The Morgan fingerprint density at radius 2 is 1.96 bits per heavy atom. The molecular weight excluding hydrogens is 372 g/mol. The lowest BCUT2D eigenvalue weighted by molar-refractivity contribution is -0.114. The van der Waals surface area contributed by atoms with Crippen molar-refractivity contribution in [1.29, 1.82) is 0 Å². The quantitative estimate of drug-likeness (QED) is 0.715. The molecule has 0 radical (unpaired) electrons. The van der Waals surface area contributed by atoms with Gasteiger partial charge < -0.3 is 5.32 Å². The van der Waals surface area contributed by atoms with Crippen LogP contribution in [-0.2, 0) is 24.3 Å². The molecule has 1 aromatic heterocycles. The lowest BCUT2D eigenvalue weighted by Crippen LogP contribution is -2.31. The first-order valence-electron chi connectivity index (χ1n) is 9.43. The molecule has 0 fully saturated rings. The second-order valence-corrected chi connectivity index (χ2v) is 7.55. The molecular formula is C22H23ClN4O. The molecule has 2 heterocycles. The maximum absolute atomic E-state index is 11.5. The molecule has 0 spiro atoms. The van der Waals surface area contributed by atoms with E-state index in [1.165, 1.54) is 11.1 Å². The van der Waals surface area contributed by atoms with Gasteiger partial charge >= 0.3 is 0 Å². The van der Waals surface area contributed by atoms with Crippen molar-refractivity contribution >= 4 is 23.2 Å². The average molecular weight is 395 g/mol. The van der Waals surface area contributed by atoms with Crippen molar-refractivity contribution in [2.45, 2.75) is 33.4 Å². The number of para-hydroxylation sites is 1. The Kier molecular flexibility index (Phi) is 5.20. The van der Waals surface area contributed by atoms with Gasteiger partial charge in [0.05, 0.1) is 11.4 Å². The summed E-state index contributed by atoms with van der Waals surface area (Å²) in [6, 6.07) is 16.1. The van der Waals surface area contributed by atoms with E-state index < -0.39 is 0 Å². The van der Waals surface area contributed by atoms with Gasteiger partial charge in [-0.25, -0.2) is 4.68 Å². The van der Waals surface area contributed by atoms with Gasteiger partial charge in [0.1, 0.15) is 5.15 Å². The predicted octanol–water partition coefficient (Wildman–Crippen LogP) is 4.35. The summed E-state index contributed by atoms with van der Waals surface area (Å²) in [5, 5.41) is 8.26. The molecule has 0 saturated carbocycles. The summed E-state index contributed by atoms with van der Waals surface area (Å²) >= 11 is 6.69. The second-order valence-electron chi connectivity index (χ2n) is 7.19. The van der Waals surface area contributed by atoms with Gasteiger partial charge in [-0.2, -0.15) is 5.10 Å². The fourth-order valence-corrected chi connectivity index (χ4v) is 4.12. The predicted molar refractivity (Wildman–Crippen MR) is 112 cm³/mol. The van der Waals surface area contributed by atoms with Crippen LogP contribution in [0, 0.1) is 6.92 Å². The lowest BCUT2D eigenvalue weighted by Gasteiger charge is -2.30. The topological polar surface area (TPSA) is 50.2 Å². The van der Waals surface area contributed by atoms with Crippen LogP contribution >= 0.6 is 11.6 Å². The number of fused-ring (bicyclic) bond motifs is 1. The summed E-state index contributed by atoms with van der Waals surface area (Å²) in [6.07, 6.45) is 0.898. The molecule has 144 valence electrons. The summed E-state index contributed by atoms with van der Waals surface area (Å²) in [5.41, 5.74) is 6.39. The molecule has 6 heteroatoms. The van der Waals surface area contributed by atoms with Gasteiger partial charge in [-0.1, -0.05) is 41.9 Å². The number of hydrogen-bond acceptors (Lipinski definition) is 3. The van der Waals surface area contributed by atoms with E-state index in [0.29, 0.717) is 5.15 Å². The molecule has 1 amide bonds. The minimum atomic E-state index is -0.0356. The van der Waals surface area contributed by atoms with Crippen molar-refractivity contribution in [1.82, 2.24) is 14.7 Å². The monoisotopic (exact) mass is 394 g/mol. The lowest BCUT2D eigenvalue weighted by atomic mass is 9.97. The van der Waals surface area contributed by atoms with E-state index in [1.54, 1.807) is 11.6 Å². The van der Waals surface area contributed by atoms with Gasteiger partial charge in [-0.15, -0.1) is 0 Å². The largest absolute Gasteiger partial charge is 0.326 e. The zero-order valence-corrected chi connectivity index (χ0v) is 16.8. The molecule has 1 aliphatic rings. The maximum atomic E-state index is 11.5. The van der Waals surface area contributed by atoms with Gasteiger partial charge in [0.2, 0.25) is 5.91 Å². The summed E-state index contributed by atoms with van der Waals surface area (Å²) in [4.78, 5) is 13.8. The first kappa shape index (κ1) is 18.7. The minimum Gasteiger partial charge on any atom is -0.326 e. The molecule has 28 heavy (non-hydrogen) atoms. The van der Waals surface area contributed by atoms with Crippen LogP contribution in [0.15, 0.2) is 48.5 Å². The Labute approximate surface area is 169 Å². The molecule has 0 unspecified atom stereocenters. The molecule has 2 aromatic carbocycles. The average Bonchev–Trinajstić information content (AvgIpc) is 2.96. The number of halogens is 1. The first-order valence-corrected chi connectivity index (χ1v) is 9.81. The molecule has 1 aliphatic heterocycles. The molecule has 3 aromatic rings. The van der Waals surface area contributed by atoms with Crippen molar-refractivity contribution in [3.63, 3.8) is 0 Å². The van der Waals surface area contributed by atoms with E-state index in [0.717, 1.165) is 48.7 Å². The fourth-order valence-electron chi connectivity index (χ4n) is 3.78. The van der Waals surface area contributed by atoms with Gasteiger partial charge in [0.15, 0.2) is 0 Å². The van der Waals surface area contributed by atoms with E-state index in [9.17, 15) is 4.79 Å². The number of hydrogen-bond donors (Lipinski definition) is 1. The number of nitrogens with one attached hydrogen (secondary N) is 1. The van der Waals surface area contributed by atoms with Crippen LogP contribution in [-0.4, -0.2) is 27.1 Å². The number of carbonyl (C=O) groups excluding carboxylic acids is 1. The van der Waals surface area contributed by atoms with Gasteiger partial charge in [-0.3, -0.25) is 9.69 Å². The summed E-state index contributed by atoms with van der Waals surface area (Å²) < 4.78 is 1.80. The van der Waals surface area contributed by atoms with Crippen molar-refractivity contribution in [3.8, 4) is 5.69 Å². The summed E-state index contributed by atoms with van der Waals surface area (Å²) in [7, 11) is 0. The van der Waals surface area contributed by atoms with Crippen molar-refractivity contribution < 1.29 is 4.79 Å². The van der Waals surface area contributed by atoms with E-state index in [-0.39, 0.29) is 5.91 Å². The standard InChI is InChI=1S/C22H23ClN4O/c1-15-20(22(23)27(25-15)18-8-4-3-5-9-18)14-26-12-11-19-17(13-26)7-6-10-21(19)24-16(2)28/h3-10H,11-14H2,1-2H3,(H,24,28). The number of amides is 1. The zero-order valence-electron chi connectivity index (χ0n) is 16.1. The molecule has 5 nitrogen and oxygen atoms in total. The summed E-state index contributed by atoms with van der Waals surface area (Å²) in [5.74, 6) is -0.0356. The number of nitrogens with zero attached hydrogens (tertiary/aromatic N) is 3. The fraction of sp³-hybridized carbons (Fsp3) is 0.273. The minimum absolute atomic E-state index is 0.0356. The molecule has 0 bridgehead atoms. The Morgan fingerprint density at radius 3 is 2.71 bits per heavy atom. The number of aromatic nitrogens is 2. The maximum Gasteiger partial charge on any atom is 0.221 e.